The van der Waals surface area contributed by atoms with Crippen molar-refractivity contribution in [2.24, 2.45) is 11.3 Å². The molecule has 0 spiro atoms. The van der Waals surface area contributed by atoms with Crippen molar-refractivity contribution in [3.63, 3.8) is 0 Å². The van der Waals surface area contributed by atoms with Crippen molar-refractivity contribution in [2.75, 3.05) is 19.8 Å². The molecular formula is C11H23NO. The lowest BCUT2D eigenvalue weighted by molar-refractivity contribution is 0.126. The fourth-order valence-corrected chi connectivity index (χ4v) is 1.62. The first kappa shape index (κ1) is 11.0. The minimum absolute atomic E-state index is 0.497. The molecule has 0 amide bonds. The molecule has 0 aromatic rings. The van der Waals surface area contributed by atoms with Crippen LogP contribution in [-0.4, -0.2) is 25.8 Å². The van der Waals surface area contributed by atoms with Crippen LogP contribution in [0, 0.1) is 11.3 Å². The van der Waals surface area contributed by atoms with Crippen molar-refractivity contribution in [1.29, 1.82) is 0 Å². The molecule has 1 aliphatic rings. The molecule has 1 saturated carbocycles. The van der Waals surface area contributed by atoms with Crippen LogP contribution in [0.5, 0.6) is 0 Å². The number of hydrogen-bond donors (Lipinski definition) is 1. The lowest BCUT2D eigenvalue weighted by Gasteiger charge is -2.13. The molecule has 1 rings (SSSR count). The number of ether oxygens (including phenoxy) is 1. The van der Waals surface area contributed by atoms with Crippen molar-refractivity contribution in [1.82, 2.24) is 5.32 Å². The lowest BCUT2D eigenvalue weighted by atomic mass is 10.1. The summed E-state index contributed by atoms with van der Waals surface area (Å²) in [4.78, 5) is 0. The Morgan fingerprint density at radius 3 is 2.62 bits per heavy atom. The Kier molecular flexibility index (Phi) is 3.74. The zero-order valence-electron chi connectivity index (χ0n) is 9.39. The van der Waals surface area contributed by atoms with Gasteiger partial charge >= 0.3 is 0 Å². The predicted octanol–water partition coefficient (Wildman–Crippen LogP) is 2.05. The number of hydrogen-bond acceptors (Lipinski definition) is 2. The van der Waals surface area contributed by atoms with Gasteiger partial charge in [-0.1, -0.05) is 13.8 Å². The van der Waals surface area contributed by atoms with Gasteiger partial charge in [0, 0.05) is 12.6 Å². The Morgan fingerprint density at radius 2 is 2.15 bits per heavy atom. The summed E-state index contributed by atoms with van der Waals surface area (Å²) < 4.78 is 5.34. The molecule has 2 unspecified atom stereocenters. The first-order valence-corrected chi connectivity index (χ1v) is 5.37. The second kappa shape index (κ2) is 4.43. The highest BCUT2D eigenvalue weighted by atomic mass is 16.5. The maximum Gasteiger partial charge on any atom is 0.0616 e. The Labute approximate surface area is 82.0 Å². The van der Waals surface area contributed by atoms with Crippen LogP contribution in [0.2, 0.25) is 0 Å². The zero-order chi connectivity index (χ0) is 9.90. The smallest absolute Gasteiger partial charge is 0.0616 e. The van der Waals surface area contributed by atoms with Gasteiger partial charge in [0.1, 0.15) is 0 Å². The highest BCUT2D eigenvalue weighted by molar-refractivity contribution is 4.96. The SMILES string of the molecule is CCOCC(C)NCC1CC1(C)C. The van der Waals surface area contributed by atoms with Crippen molar-refractivity contribution in [3.8, 4) is 0 Å². The minimum atomic E-state index is 0.497. The molecule has 0 aromatic heterocycles. The molecule has 0 aliphatic heterocycles. The van der Waals surface area contributed by atoms with Crippen molar-refractivity contribution < 1.29 is 4.74 Å². The van der Waals surface area contributed by atoms with Crippen LogP contribution in [0.25, 0.3) is 0 Å². The van der Waals surface area contributed by atoms with Crippen LogP contribution < -0.4 is 5.32 Å². The minimum Gasteiger partial charge on any atom is -0.380 e. The van der Waals surface area contributed by atoms with E-state index in [1.54, 1.807) is 0 Å². The molecule has 2 atom stereocenters. The summed E-state index contributed by atoms with van der Waals surface area (Å²) in [5, 5.41) is 3.51. The average Bonchev–Trinajstić information content (AvgIpc) is 2.67. The van der Waals surface area contributed by atoms with Gasteiger partial charge in [-0.2, -0.15) is 0 Å². The number of nitrogens with one attached hydrogen (secondary N) is 1. The van der Waals surface area contributed by atoms with E-state index in [4.69, 9.17) is 4.74 Å². The van der Waals surface area contributed by atoms with Crippen LogP contribution in [0.4, 0.5) is 0 Å². The quantitative estimate of drug-likeness (QED) is 0.684. The maximum atomic E-state index is 5.34. The molecular weight excluding hydrogens is 162 g/mol. The second-order valence-corrected chi connectivity index (χ2v) is 4.86. The summed E-state index contributed by atoms with van der Waals surface area (Å²) in [6.45, 7) is 11.7. The molecule has 2 heteroatoms. The van der Waals surface area contributed by atoms with E-state index in [1.807, 2.05) is 6.92 Å². The Morgan fingerprint density at radius 1 is 1.54 bits per heavy atom. The summed E-state index contributed by atoms with van der Waals surface area (Å²) in [5.41, 5.74) is 0.596. The largest absolute Gasteiger partial charge is 0.380 e. The van der Waals surface area contributed by atoms with Crippen molar-refractivity contribution >= 4 is 0 Å². The molecule has 0 aromatic carbocycles. The lowest BCUT2D eigenvalue weighted by Crippen LogP contribution is -2.32. The Bertz CT molecular complexity index is 156. The Hall–Kier alpha value is -0.0800. The monoisotopic (exact) mass is 185 g/mol. The summed E-state index contributed by atoms with van der Waals surface area (Å²) >= 11 is 0. The third-order valence-electron chi connectivity index (χ3n) is 3.00. The van der Waals surface area contributed by atoms with Crippen LogP contribution in [0.15, 0.2) is 0 Å². The summed E-state index contributed by atoms with van der Waals surface area (Å²) in [7, 11) is 0. The molecule has 0 bridgehead atoms. The fourth-order valence-electron chi connectivity index (χ4n) is 1.62. The van der Waals surface area contributed by atoms with E-state index in [9.17, 15) is 0 Å². The van der Waals surface area contributed by atoms with E-state index in [-0.39, 0.29) is 0 Å². The Balaban J connectivity index is 2.00. The van der Waals surface area contributed by atoms with Gasteiger partial charge in [0.2, 0.25) is 0 Å². The maximum absolute atomic E-state index is 5.34. The van der Waals surface area contributed by atoms with Crippen LogP contribution >= 0.6 is 0 Å². The molecule has 0 heterocycles. The van der Waals surface area contributed by atoms with E-state index >= 15 is 0 Å². The second-order valence-electron chi connectivity index (χ2n) is 4.86. The molecule has 1 N–H and O–H groups in total. The van der Waals surface area contributed by atoms with Gasteiger partial charge in [-0.15, -0.1) is 0 Å². The van der Waals surface area contributed by atoms with E-state index in [1.165, 1.54) is 6.42 Å². The molecule has 13 heavy (non-hydrogen) atoms. The molecule has 78 valence electrons. The zero-order valence-corrected chi connectivity index (χ0v) is 9.39. The summed E-state index contributed by atoms with van der Waals surface area (Å²) in [6, 6.07) is 0.497. The van der Waals surface area contributed by atoms with Gasteiger partial charge in [0.05, 0.1) is 6.61 Å². The van der Waals surface area contributed by atoms with Crippen molar-refractivity contribution in [3.05, 3.63) is 0 Å². The highest BCUT2D eigenvalue weighted by Gasteiger charge is 2.44. The van der Waals surface area contributed by atoms with Gasteiger partial charge in [-0.05, 0) is 38.1 Å². The van der Waals surface area contributed by atoms with E-state index in [2.05, 4.69) is 26.1 Å². The standard InChI is InChI=1S/C11H23NO/c1-5-13-8-9(2)12-7-10-6-11(10,3)4/h9-10,12H,5-8H2,1-4H3. The van der Waals surface area contributed by atoms with E-state index < -0.39 is 0 Å². The fraction of sp³-hybridized carbons (Fsp3) is 1.00. The average molecular weight is 185 g/mol. The van der Waals surface area contributed by atoms with Gasteiger partial charge in [-0.3, -0.25) is 0 Å². The molecule has 1 fully saturated rings. The van der Waals surface area contributed by atoms with Gasteiger partial charge in [-0.25, -0.2) is 0 Å². The first-order chi connectivity index (χ1) is 6.06. The first-order valence-electron chi connectivity index (χ1n) is 5.37. The van der Waals surface area contributed by atoms with Crippen LogP contribution in [0.1, 0.15) is 34.1 Å². The van der Waals surface area contributed by atoms with Gasteiger partial charge < -0.3 is 10.1 Å². The van der Waals surface area contributed by atoms with Gasteiger partial charge in [0.15, 0.2) is 0 Å². The van der Waals surface area contributed by atoms with Crippen molar-refractivity contribution in [2.45, 2.75) is 40.2 Å². The van der Waals surface area contributed by atoms with E-state index in [0.29, 0.717) is 11.5 Å². The van der Waals surface area contributed by atoms with Crippen LogP contribution in [-0.2, 0) is 4.74 Å². The third-order valence-corrected chi connectivity index (χ3v) is 3.00. The summed E-state index contributed by atoms with van der Waals surface area (Å²) in [5.74, 6) is 0.886. The predicted molar refractivity (Wildman–Crippen MR) is 55.8 cm³/mol. The normalized spacial score (nSPS) is 27.2. The molecule has 0 saturated heterocycles. The van der Waals surface area contributed by atoms with Crippen LogP contribution in [0.3, 0.4) is 0 Å². The third kappa shape index (κ3) is 3.65. The number of rotatable bonds is 6. The molecule has 0 radical (unpaired) electrons. The molecule has 1 aliphatic carbocycles. The molecule has 2 nitrogen and oxygen atoms in total. The van der Waals surface area contributed by atoms with E-state index in [0.717, 1.165) is 25.7 Å². The van der Waals surface area contributed by atoms with Gasteiger partial charge in [0.25, 0.3) is 0 Å². The summed E-state index contributed by atoms with van der Waals surface area (Å²) in [6.07, 6.45) is 1.38. The highest BCUT2D eigenvalue weighted by Crippen LogP contribution is 2.50. The topological polar surface area (TPSA) is 21.3 Å².